The van der Waals surface area contributed by atoms with E-state index < -0.39 is 0 Å². The molecule has 1 N–H and O–H groups in total. The van der Waals surface area contributed by atoms with Gasteiger partial charge in [0.2, 0.25) is 5.91 Å². The summed E-state index contributed by atoms with van der Waals surface area (Å²) in [4.78, 5) is 13.6. The molecule has 2 rings (SSSR count). The first-order chi connectivity index (χ1) is 8.02. The second-order valence-corrected chi connectivity index (χ2v) is 5.60. The van der Waals surface area contributed by atoms with Crippen molar-refractivity contribution in [1.29, 1.82) is 0 Å². The number of aliphatic hydroxyl groups excluding tert-OH is 1. The Morgan fingerprint density at radius 1 is 1.59 bits per heavy atom. The summed E-state index contributed by atoms with van der Waals surface area (Å²) in [6.07, 6.45) is 0.408. The molecule has 1 unspecified atom stereocenters. The summed E-state index contributed by atoms with van der Waals surface area (Å²) in [5.41, 5.74) is 1.81. The lowest BCUT2D eigenvalue weighted by Crippen LogP contribution is -2.26. The van der Waals surface area contributed by atoms with Crippen LogP contribution in [0.2, 0.25) is 5.02 Å². The molecule has 5 heteroatoms. The molecule has 3 nitrogen and oxygen atoms in total. The Labute approximate surface area is 114 Å². The van der Waals surface area contributed by atoms with Crippen molar-refractivity contribution in [2.45, 2.75) is 13.3 Å². The number of nitrogens with zero attached hydrogens (tertiary/aromatic N) is 1. The third-order valence-corrected chi connectivity index (χ3v) is 3.77. The number of halogens is 2. The Balaban J connectivity index is 2.38. The lowest BCUT2D eigenvalue weighted by molar-refractivity contribution is -0.117. The van der Waals surface area contributed by atoms with Crippen molar-refractivity contribution in [1.82, 2.24) is 0 Å². The van der Waals surface area contributed by atoms with Crippen LogP contribution in [-0.2, 0) is 4.79 Å². The van der Waals surface area contributed by atoms with Crippen molar-refractivity contribution in [3.8, 4) is 0 Å². The van der Waals surface area contributed by atoms with Crippen LogP contribution in [0.4, 0.5) is 5.69 Å². The quantitative estimate of drug-likeness (QED) is 0.911. The minimum atomic E-state index is 0.0319. The van der Waals surface area contributed by atoms with E-state index in [9.17, 15) is 4.79 Å². The summed E-state index contributed by atoms with van der Waals surface area (Å²) in [5, 5.41) is 9.76. The zero-order valence-electron chi connectivity index (χ0n) is 9.41. The predicted octanol–water partition coefficient (Wildman–Crippen LogP) is 2.76. The van der Waals surface area contributed by atoms with E-state index in [0.29, 0.717) is 18.0 Å². The van der Waals surface area contributed by atoms with Crippen LogP contribution in [0.15, 0.2) is 16.6 Å². The second-order valence-electron chi connectivity index (χ2n) is 4.31. The maximum atomic E-state index is 11.9. The third kappa shape index (κ3) is 2.49. The van der Waals surface area contributed by atoms with Gasteiger partial charge < -0.3 is 10.0 Å². The highest BCUT2D eigenvalue weighted by atomic mass is 79.9. The summed E-state index contributed by atoms with van der Waals surface area (Å²) in [7, 11) is 0. The van der Waals surface area contributed by atoms with E-state index in [1.807, 2.05) is 13.0 Å². The van der Waals surface area contributed by atoms with Gasteiger partial charge in [-0.2, -0.15) is 0 Å². The molecule has 1 atom stereocenters. The number of carbonyl (C=O) groups excluding carboxylic acids is 1. The molecule has 1 aromatic carbocycles. The molecule has 1 aromatic rings. The van der Waals surface area contributed by atoms with Crippen molar-refractivity contribution in [2.75, 3.05) is 18.1 Å². The largest absolute Gasteiger partial charge is 0.396 e. The Hall–Kier alpha value is -0.580. The van der Waals surface area contributed by atoms with Gasteiger partial charge in [-0.05, 0) is 40.5 Å². The molecule has 0 aromatic heterocycles. The molecule has 0 aliphatic carbocycles. The van der Waals surface area contributed by atoms with Crippen LogP contribution in [0.3, 0.4) is 0 Å². The minimum absolute atomic E-state index is 0.0319. The summed E-state index contributed by atoms with van der Waals surface area (Å²) >= 11 is 9.38. The molecule has 0 bridgehead atoms. The Morgan fingerprint density at radius 2 is 2.29 bits per heavy atom. The second kappa shape index (κ2) is 4.96. The van der Waals surface area contributed by atoms with E-state index in [2.05, 4.69) is 15.9 Å². The number of benzene rings is 1. The first kappa shape index (κ1) is 12.9. The molecule has 1 fully saturated rings. The number of amides is 1. The molecule has 1 saturated heterocycles. The van der Waals surface area contributed by atoms with E-state index >= 15 is 0 Å². The van der Waals surface area contributed by atoms with Gasteiger partial charge in [-0.15, -0.1) is 0 Å². The Bertz CT molecular complexity index is 441. The van der Waals surface area contributed by atoms with Gasteiger partial charge in [-0.1, -0.05) is 11.6 Å². The zero-order chi connectivity index (χ0) is 12.6. The van der Waals surface area contributed by atoms with E-state index in [-0.39, 0.29) is 18.4 Å². The molecular formula is C12H13BrClNO2. The summed E-state index contributed by atoms with van der Waals surface area (Å²) in [6, 6.07) is 3.62. The number of rotatable bonds is 2. The van der Waals surface area contributed by atoms with Crippen LogP contribution < -0.4 is 4.90 Å². The molecule has 1 heterocycles. The number of aryl methyl sites for hydroxylation is 1. The molecular weight excluding hydrogens is 305 g/mol. The van der Waals surface area contributed by atoms with Gasteiger partial charge in [0.05, 0.1) is 5.69 Å². The lowest BCUT2D eigenvalue weighted by atomic mass is 10.1. The fraction of sp³-hybridized carbons (Fsp3) is 0.417. The first-order valence-corrected chi connectivity index (χ1v) is 6.57. The minimum Gasteiger partial charge on any atom is -0.396 e. The normalized spacial score (nSPS) is 20.1. The number of hydrogen-bond donors (Lipinski definition) is 1. The third-order valence-electron chi connectivity index (χ3n) is 2.95. The van der Waals surface area contributed by atoms with Gasteiger partial charge in [0.1, 0.15) is 0 Å². The van der Waals surface area contributed by atoms with E-state index in [1.54, 1.807) is 11.0 Å². The highest BCUT2D eigenvalue weighted by Gasteiger charge is 2.31. The molecule has 1 aliphatic rings. The standard InChI is InChI=1S/C12H13BrClNO2/c1-7-2-9(14)4-10(13)12(7)15-5-8(6-16)3-11(15)17/h2,4,8,16H,3,5-6H2,1H3. The smallest absolute Gasteiger partial charge is 0.227 e. The number of aliphatic hydroxyl groups is 1. The molecule has 1 aliphatic heterocycles. The molecule has 0 radical (unpaired) electrons. The summed E-state index contributed by atoms with van der Waals surface area (Å²) in [6.45, 7) is 2.54. The maximum Gasteiger partial charge on any atom is 0.227 e. The van der Waals surface area contributed by atoms with Gasteiger partial charge in [-0.3, -0.25) is 4.79 Å². The SMILES string of the molecule is Cc1cc(Cl)cc(Br)c1N1CC(CO)CC1=O. The van der Waals surface area contributed by atoms with E-state index in [4.69, 9.17) is 16.7 Å². The molecule has 0 saturated carbocycles. The maximum absolute atomic E-state index is 11.9. The first-order valence-electron chi connectivity index (χ1n) is 5.39. The van der Waals surface area contributed by atoms with Gasteiger partial charge in [0, 0.05) is 35.0 Å². The topological polar surface area (TPSA) is 40.5 Å². The number of anilines is 1. The van der Waals surface area contributed by atoms with Crippen LogP contribution in [0.5, 0.6) is 0 Å². The fourth-order valence-corrected chi connectivity index (χ4v) is 3.33. The van der Waals surface area contributed by atoms with Crippen LogP contribution in [0.1, 0.15) is 12.0 Å². The van der Waals surface area contributed by atoms with Gasteiger partial charge in [0.25, 0.3) is 0 Å². The Kier molecular flexibility index (Phi) is 3.76. The number of carbonyl (C=O) groups is 1. The predicted molar refractivity (Wildman–Crippen MR) is 71.4 cm³/mol. The average Bonchev–Trinajstić information content (AvgIpc) is 2.59. The van der Waals surface area contributed by atoms with Crippen molar-refractivity contribution < 1.29 is 9.90 Å². The van der Waals surface area contributed by atoms with Crippen molar-refractivity contribution in [3.63, 3.8) is 0 Å². The van der Waals surface area contributed by atoms with Gasteiger partial charge in [0.15, 0.2) is 0 Å². The van der Waals surface area contributed by atoms with Crippen molar-refractivity contribution >= 4 is 39.1 Å². The Morgan fingerprint density at radius 3 is 2.82 bits per heavy atom. The van der Waals surface area contributed by atoms with Gasteiger partial charge in [-0.25, -0.2) is 0 Å². The van der Waals surface area contributed by atoms with Crippen LogP contribution >= 0.6 is 27.5 Å². The fourth-order valence-electron chi connectivity index (χ4n) is 2.16. The highest BCUT2D eigenvalue weighted by Crippen LogP contribution is 2.36. The molecule has 0 spiro atoms. The molecule has 92 valence electrons. The van der Waals surface area contributed by atoms with E-state index in [1.165, 1.54) is 0 Å². The molecule has 17 heavy (non-hydrogen) atoms. The van der Waals surface area contributed by atoms with Crippen molar-refractivity contribution in [3.05, 3.63) is 27.2 Å². The van der Waals surface area contributed by atoms with Crippen LogP contribution in [0.25, 0.3) is 0 Å². The summed E-state index contributed by atoms with van der Waals surface area (Å²) in [5.74, 6) is 0.0830. The molecule has 1 amide bonds. The lowest BCUT2D eigenvalue weighted by Gasteiger charge is -2.21. The highest BCUT2D eigenvalue weighted by molar-refractivity contribution is 9.10. The average molecular weight is 319 g/mol. The van der Waals surface area contributed by atoms with Gasteiger partial charge >= 0.3 is 0 Å². The van der Waals surface area contributed by atoms with Crippen LogP contribution in [0, 0.1) is 12.8 Å². The monoisotopic (exact) mass is 317 g/mol. The van der Waals surface area contributed by atoms with E-state index in [0.717, 1.165) is 15.7 Å². The van der Waals surface area contributed by atoms with Crippen molar-refractivity contribution in [2.24, 2.45) is 5.92 Å². The zero-order valence-corrected chi connectivity index (χ0v) is 11.8. The van der Waals surface area contributed by atoms with Crippen LogP contribution in [-0.4, -0.2) is 24.2 Å². The summed E-state index contributed by atoms with van der Waals surface area (Å²) < 4.78 is 0.814. The number of hydrogen-bond acceptors (Lipinski definition) is 2.